The first-order valence-corrected chi connectivity index (χ1v) is 6.69. The maximum atomic E-state index is 12.7. The molecule has 18 heavy (non-hydrogen) atoms. The Kier molecular flexibility index (Phi) is 2.83. The molecule has 1 aliphatic heterocycles. The summed E-state index contributed by atoms with van der Waals surface area (Å²) in [6.45, 7) is 1.81. The van der Waals surface area contributed by atoms with Crippen molar-refractivity contribution in [2.24, 2.45) is 0 Å². The lowest BCUT2D eigenvalue weighted by atomic mass is 10.1. The highest BCUT2D eigenvalue weighted by Gasteiger charge is 2.31. The molecule has 0 fully saturated rings. The lowest BCUT2D eigenvalue weighted by Crippen LogP contribution is -2.16. The number of nitrogens with one attached hydrogen (secondary N) is 1. The highest BCUT2D eigenvalue weighted by molar-refractivity contribution is 7.19. The molecule has 2 aromatic rings. The van der Waals surface area contributed by atoms with E-state index in [0.717, 1.165) is 36.0 Å². The van der Waals surface area contributed by atoms with Crippen LogP contribution in [0, 0.1) is 0 Å². The Bertz CT molecular complexity index is 586. The molecule has 5 heteroatoms. The van der Waals surface area contributed by atoms with Gasteiger partial charge in [-0.3, -0.25) is 0 Å². The molecule has 1 aliphatic rings. The van der Waals surface area contributed by atoms with Gasteiger partial charge in [-0.15, -0.1) is 11.3 Å². The molecule has 1 nitrogen and oxygen atoms in total. The van der Waals surface area contributed by atoms with Gasteiger partial charge < -0.3 is 5.32 Å². The maximum Gasteiger partial charge on any atom is 0.416 e. The van der Waals surface area contributed by atoms with Gasteiger partial charge in [-0.05, 0) is 49.0 Å². The van der Waals surface area contributed by atoms with Crippen LogP contribution in [0.15, 0.2) is 18.2 Å². The van der Waals surface area contributed by atoms with E-state index in [1.807, 2.05) is 0 Å². The van der Waals surface area contributed by atoms with Crippen LogP contribution in [-0.4, -0.2) is 13.1 Å². The van der Waals surface area contributed by atoms with Crippen molar-refractivity contribution in [1.29, 1.82) is 0 Å². The van der Waals surface area contributed by atoms with Gasteiger partial charge in [0.1, 0.15) is 0 Å². The van der Waals surface area contributed by atoms with Crippen LogP contribution in [-0.2, 0) is 19.0 Å². The smallest absolute Gasteiger partial charge is 0.316 e. The van der Waals surface area contributed by atoms with Crippen LogP contribution >= 0.6 is 11.3 Å². The van der Waals surface area contributed by atoms with Gasteiger partial charge in [0.15, 0.2) is 0 Å². The quantitative estimate of drug-likeness (QED) is 0.772. The predicted octanol–water partition coefficient (Wildman–Crippen LogP) is 3.61. The molecule has 2 heterocycles. The Hall–Kier alpha value is -1.07. The zero-order valence-corrected chi connectivity index (χ0v) is 10.4. The molecule has 1 aromatic carbocycles. The Labute approximate surface area is 107 Å². The summed E-state index contributed by atoms with van der Waals surface area (Å²) < 4.78 is 38.7. The number of thiophene rings is 1. The molecule has 0 saturated heterocycles. The summed E-state index contributed by atoms with van der Waals surface area (Å²) in [7, 11) is 0. The highest BCUT2D eigenvalue weighted by Crippen LogP contribution is 2.37. The van der Waals surface area contributed by atoms with Gasteiger partial charge in [0, 0.05) is 9.58 Å². The molecule has 0 bridgehead atoms. The van der Waals surface area contributed by atoms with Crippen LogP contribution < -0.4 is 5.32 Å². The summed E-state index contributed by atoms with van der Waals surface area (Å²) in [5, 5.41) is 4.30. The Morgan fingerprint density at radius 1 is 1.11 bits per heavy atom. The van der Waals surface area contributed by atoms with Gasteiger partial charge in [-0.1, -0.05) is 6.07 Å². The molecule has 96 valence electrons. The van der Waals surface area contributed by atoms with E-state index >= 15 is 0 Å². The number of alkyl halides is 3. The Morgan fingerprint density at radius 3 is 2.67 bits per heavy atom. The molecule has 0 amide bonds. The largest absolute Gasteiger partial charge is 0.416 e. The second-order valence-corrected chi connectivity index (χ2v) is 5.60. The van der Waals surface area contributed by atoms with Crippen molar-refractivity contribution in [2.75, 3.05) is 13.1 Å². The molecular weight excluding hydrogens is 259 g/mol. The third-order valence-electron chi connectivity index (χ3n) is 3.28. The molecule has 0 unspecified atom stereocenters. The zero-order chi connectivity index (χ0) is 12.8. The van der Waals surface area contributed by atoms with Gasteiger partial charge >= 0.3 is 6.18 Å². The fraction of sp³-hybridized carbons (Fsp3) is 0.385. The van der Waals surface area contributed by atoms with Crippen molar-refractivity contribution < 1.29 is 13.2 Å². The molecule has 0 saturated carbocycles. The van der Waals surface area contributed by atoms with Crippen molar-refractivity contribution in [1.82, 2.24) is 5.32 Å². The molecule has 0 aliphatic carbocycles. The lowest BCUT2D eigenvalue weighted by molar-refractivity contribution is -0.137. The molecule has 3 rings (SSSR count). The molecule has 1 aromatic heterocycles. The van der Waals surface area contributed by atoms with Gasteiger partial charge in [-0.2, -0.15) is 13.2 Å². The van der Waals surface area contributed by atoms with Crippen LogP contribution in [0.25, 0.3) is 10.1 Å². The normalized spacial score (nSPS) is 16.6. The molecule has 0 atom stereocenters. The first-order valence-electron chi connectivity index (χ1n) is 5.88. The number of fused-ring (bicyclic) bond motifs is 3. The van der Waals surface area contributed by atoms with E-state index in [9.17, 15) is 13.2 Å². The summed E-state index contributed by atoms with van der Waals surface area (Å²) >= 11 is 1.50. The van der Waals surface area contributed by atoms with E-state index in [1.54, 1.807) is 6.07 Å². The Balaban J connectivity index is 2.14. The van der Waals surface area contributed by atoms with E-state index in [1.165, 1.54) is 33.9 Å². The first kappa shape index (κ1) is 12.0. The first-order chi connectivity index (χ1) is 8.55. The molecule has 1 N–H and O–H groups in total. The van der Waals surface area contributed by atoms with Crippen LogP contribution in [0.5, 0.6) is 0 Å². The third-order valence-corrected chi connectivity index (χ3v) is 4.54. The van der Waals surface area contributed by atoms with Gasteiger partial charge in [-0.25, -0.2) is 0 Å². The van der Waals surface area contributed by atoms with Crippen LogP contribution in [0.3, 0.4) is 0 Å². The van der Waals surface area contributed by atoms with Crippen molar-refractivity contribution in [3.8, 4) is 0 Å². The number of rotatable bonds is 0. The summed E-state index contributed by atoms with van der Waals surface area (Å²) in [5.74, 6) is 0. The number of halogens is 3. The van der Waals surface area contributed by atoms with E-state index in [-0.39, 0.29) is 0 Å². The SMILES string of the molecule is FC(F)(F)c1ccc2c3c(sc2c1)CCNCC3. The predicted molar refractivity (Wildman–Crippen MR) is 67.1 cm³/mol. The van der Waals surface area contributed by atoms with Crippen LogP contribution in [0.2, 0.25) is 0 Å². The van der Waals surface area contributed by atoms with Gasteiger partial charge in [0.2, 0.25) is 0 Å². The summed E-state index contributed by atoms with van der Waals surface area (Å²) in [5.41, 5.74) is 0.679. The van der Waals surface area contributed by atoms with E-state index < -0.39 is 11.7 Å². The zero-order valence-electron chi connectivity index (χ0n) is 9.60. The Morgan fingerprint density at radius 2 is 1.89 bits per heavy atom. The van der Waals surface area contributed by atoms with Crippen molar-refractivity contribution in [2.45, 2.75) is 19.0 Å². The molecule has 0 radical (unpaired) electrons. The van der Waals surface area contributed by atoms with Crippen molar-refractivity contribution >= 4 is 21.4 Å². The van der Waals surface area contributed by atoms with Crippen molar-refractivity contribution in [3.63, 3.8) is 0 Å². The number of hydrogen-bond donors (Lipinski definition) is 1. The van der Waals surface area contributed by atoms with Crippen LogP contribution in [0.4, 0.5) is 13.2 Å². The summed E-state index contributed by atoms with van der Waals surface area (Å²) in [6.07, 6.45) is -2.44. The standard InChI is InChI=1S/C13H12F3NS/c14-13(15,16)8-1-2-9-10-3-5-17-6-4-11(10)18-12(9)7-8/h1-2,7,17H,3-6H2. The lowest BCUT2D eigenvalue weighted by Gasteiger charge is -2.06. The fourth-order valence-electron chi connectivity index (χ4n) is 2.39. The maximum absolute atomic E-state index is 12.7. The number of benzene rings is 1. The topological polar surface area (TPSA) is 12.0 Å². The molecular formula is C13H12F3NS. The second-order valence-electron chi connectivity index (χ2n) is 4.46. The van der Waals surface area contributed by atoms with Crippen molar-refractivity contribution in [3.05, 3.63) is 34.2 Å². The summed E-state index contributed by atoms with van der Waals surface area (Å²) in [6, 6.07) is 4.09. The van der Waals surface area contributed by atoms with Crippen LogP contribution in [0.1, 0.15) is 16.0 Å². The highest BCUT2D eigenvalue weighted by atomic mass is 32.1. The third kappa shape index (κ3) is 2.01. The second kappa shape index (κ2) is 4.24. The average Bonchev–Trinajstić information content (AvgIpc) is 2.50. The van der Waals surface area contributed by atoms with Gasteiger partial charge in [0.05, 0.1) is 5.56 Å². The monoisotopic (exact) mass is 271 g/mol. The minimum Gasteiger partial charge on any atom is -0.316 e. The summed E-state index contributed by atoms with van der Waals surface area (Å²) in [4.78, 5) is 1.23. The van der Waals surface area contributed by atoms with Gasteiger partial charge in [0.25, 0.3) is 0 Å². The van der Waals surface area contributed by atoms with E-state index in [4.69, 9.17) is 0 Å². The number of hydrogen-bond acceptors (Lipinski definition) is 2. The minimum atomic E-state index is -4.25. The molecule has 0 spiro atoms. The minimum absolute atomic E-state index is 0.551. The fourth-order valence-corrected chi connectivity index (χ4v) is 3.69. The average molecular weight is 271 g/mol. The van der Waals surface area contributed by atoms with E-state index in [2.05, 4.69) is 5.32 Å². The van der Waals surface area contributed by atoms with E-state index in [0.29, 0.717) is 0 Å².